The van der Waals surface area contributed by atoms with Crippen LogP contribution in [0.4, 0.5) is 32.0 Å². The fourth-order valence-electron chi connectivity index (χ4n) is 4.85. The molecule has 1 heterocycles. The van der Waals surface area contributed by atoms with Gasteiger partial charge in [-0.15, -0.1) is 26.3 Å². The van der Waals surface area contributed by atoms with E-state index in [1.807, 2.05) is 24.3 Å². The molecule has 0 saturated carbocycles. The number of alkyl halides is 6. The van der Waals surface area contributed by atoms with Crippen LogP contribution in [-0.4, -0.2) is 35.8 Å². The summed E-state index contributed by atoms with van der Waals surface area (Å²) in [7, 11) is 0. The topological polar surface area (TPSA) is 68.0 Å². The summed E-state index contributed by atoms with van der Waals surface area (Å²) in [6.07, 6.45) is -8.67. The van der Waals surface area contributed by atoms with E-state index in [2.05, 4.69) is 14.4 Å². The molecule has 1 aliphatic heterocycles. The van der Waals surface area contributed by atoms with Gasteiger partial charge in [0.25, 0.3) is 0 Å². The largest absolute Gasteiger partial charge is 0.573 e. The van der Waals surface area contributed by atoms with E-state index < -0.39 is 29.8 Å². The first-order chi connectivity index (χ1) is 17.8. The highest BCUT2D eigenvalue weighted by molar-refractivity contribution is 5.42. The molecule has 0 aliphatic carbocycles. The number of aliphatic hydroxyl groups is 1. The summed E-state index contributed by atoms with van der Waals surface area (Å²) < 4.78 is 83.6. The Labute approximate surface area is 215 Å². The lowest BCUT2D eigenvalue weighted by atomic mass is 9.72. The van der Waals surface area contributed by atoms with Crippen molar-refractivity contribution in [3.05, 3.63) is 89.5 Å². The maximum Gasteiger partial charge on any atom is 0.573 e. The van der Waals surface area contributed by atoms with E-state index in [1.165, 1.54) is 24.3 Å². The average molecular weight is 541 g/mol. The molecule has 204 valence electrons. The Morgan fingerprint density at radius 1 is 0.711 bits per heavy atom. The molecular formula is C27H26F6N2O3. The molecule has 3 aromatic carbocycles. The molecule has 38 heavy (non-hydrogen) atoms. The van der Waals surface area contributed by atoms with Gasteiger partial charge < -0.3 is 20.3 Å². The number of piperidine rings is 1. The first-order valence-corrected chi connectivity index (χ1v) is 11.8. The first kappa shape index (κ1) is 27.6. The second-order valence-electron chi connectivity index (χ2n) is 9.20. The Balaban J connectivity index is 1.58. The Kier molecular flexibility index (Phi) is 7.80. The van der Waals surface area contributed by atoms with Crippen LogP contribution in [0, 0.1) is 5.92 Å². The highest BCUT2D eigenvalue weighted by atomic mass is 19.4. The van der Waals surface area contributed by atoms with Crippen LogP contribution < -0.4 is 15.2 Å². The molecule has 3 aromatic rings. The molecule has 1 aliphatic rings. The van der Waals surface area contributed by atoms with Gasteiger partial charge in [-0.05, 0) is 84.9 Å². The molecule has 0 aromatic heterocycles. The highest BCUT2D eigenvalue weighted by Crippen LogP contribution is 2.43. The molecule has 0 atom stereocenters. The zero-order valence-electron chi connectivity index (χ0n) is 20.1. The SMILES string of the molecule is Nc1ccc(CN2CCC(C(O)(c3ccc(OC(F)(F)F)cc3)c3ccc(OC(F)(F)F)cc3)CC2)cc1. The number of nitrogens with two attached hydrogens (primary N) is 1. The molecule has 5 nitrogen and oxygen atoms in total. The molecule has 4 rings (SSSR count). The monoisotopic (exact) mass is 540 g/mol. The number of halogens is 6. The standard InChI is InChI=1S/C27H26F6N2O3/c28-26(29,30)37-23-9-3-19(4-10-23)25(36,20-5-11-24(12-6-20)38-27(31,32)33)21-13-15-35(16-14-21)17-18-1-7-22(34)8-2-18/h1-12,21,36H,13-17,34H2. The lowest BCUT2D eigenvalue weighted by Crippen LogP contribution is -2.44. The summed E-state index contributed by atoms with van der Waals surface area (Å²) in [4.78, 5) is 2.21. The molecule has 11 heteroatoms. The predicted octanol–water partition coefficient (Wildman–Crippen LogP) is 6.21. The zero-order valence-corrected chi connectivity index (χ0v) is 20.1. The van der Waals surface area contributed by atoms with Crippen LogP contribution in [-0.2, 0) is 12.1 Å². The van der Waals surface area contributed by atoms with Crippen LogP contribution in [0.2, 0.25) is 0 Å². The molecule has 0 unspecified atom stereocenters. The second kappa shape index (κ2) is 10.7. The van der Waals surface area contributed by atoms with E-state index in [9.17, 15) is 31.4 Å². The van der Waals surface area contributed by atoms with Gasteiger partial charge in [-0.2, -0.15) is 0 Å². The van der Waals surface area contributed by atoms with Crippen molar-refractivity contribution in [1.82, 2.24) is 4.90 Å². The quantitative estimate of drug-likeness (QED) is 0.275. The minimum Gasteiger partial charge on any atom is -0.406 e. The molecule has 3 N–H and O–H groups in total. The van der Waals surface area contributed by atoms with Crippen molar-refractivity contribution in [3.8, 4) is 11.5 Å². The van der Waals surface area contributed by atoms with Crippen LogP contribution in [0.25, 0.3) is 0 Å². The Hall–Kier alpha value is -3.44. The molecular weight excluding hydrogens is 514 g/mol. The predicted molar refractivity (Wildman–Crippen MR) is 128 cm³/mol. The number of hydrogen-bond acceptors (Lipinski definition) is 5. The summed E-state index contributed by atoms with van der Waals surface area (Å²) >= 11 is 0. The fraction of sp³-hybridized carbons (Fsp3) is 0.333. The molecule has 1 fully saturated rings. The van der Waals surface area contributed by atoms with Crippen LogP contribution >= 0.6 is 0 Å². The molecule has 0 amide bonds. The van der Waals surface area contributed by atoms with E-state index in [1.54, 1.807) is 0 Å². The van der Waals surface area contributed by atoms with Crippen molar-refractivity contribution in [2.45, 2.75) is 37.7 Å². The van der Waals surface area contributed by atoms with Gasteiger partial charge in [-0.3, -0.25) is 4.90 Å². The Morgan fingerprint density at radius 2 is 1.13 bits per heavy atom. The lowest BCUT2D eigenvalue weighted by molar-refractivity contribution is -0.275. The summed E-state index contributed by atoms with van der Waals surface area (Å²) in [5, 5.41) is 12.1. The van der Waals surface area contributed by atoms with Crippen molar-refractivity contribution in [3.63, 3.8) is 0 Å². The third kappa shape index (κ3) is 6.90. The van der Waals surface area contributed by atoms with Crippen molar-refractivity contribution < 1.29 is 40.9 Å². The van der Waals surface area contributed by atoms with E-state index in [0.717, 1.165) is 29.8 Å². The summed E-state index contributed by atoms with van der Waals surface area (Å²) in [6.45, 7) is 1.93. The number of hydrogen-bond donors (Lipinski definition) is 2. The van der Waals surface area contributed by atoms with Crippen molar-refractivity contribution in [2.75, 3.05) is 18.8 Å². The lowest BCUT2D eigenvalue weighted by Gasteiger charge is -2.42. The number of benzene rings is 3. The van der Waals surface area contributed by atoms with Gasteiger partial charge in [-0.1, -0.05) is 36.4 Å². The number of nitrogens with zero attached hydrogens (tertiary/aromatic N) is 1. The molecule has 0 radical (unpaired) electrons. The van der Waals surface area contributed by atoms with Crippen LogP contribution in [0.3, 0.4) is 0 Å². The maximum atomic E-state index is 12.6. The number of likely N-dealkylation sites (tertiary alicyclic amines) is 1. The fourth-order valence-corrected chi connectivity index (χ4v) is 4.85. The van der Waals surface area contributed by atoms with Gasteiger partial charge in [0.15, 0.2) is 0 Å². The number of ether oxygens (including phenoxy) is 2. The molecule has 1 saturated heterocycles. The van der Waals surface area contributed by atoms with Gasteiger partial charge >= 0.3 is 12.7 Å². The van der Waals surface area contributed by atoms with E-state index >= 15 is 0 Å². The third-order valence-electron chi connectivity index (χ3n) is 6.62. The highest BCUT2D eigenvalue weighted by Gasteiger charge is 2.42. The summed E-state index contributed by atoms with van der Waals surface area (Å²) in [6, 6.07) is 17.3. The van der Waals surface area contributed by atoms with Crippen molar-refractivity contribution in [2.24, 2.45) is 5.92 Å². The molecule has 0 spiro atoms. The van der Waals surface area contributed by atoms with Gasteiger partial charge in [0.1, 0.15) is 17.1 Å². The number of rotatable bonds is 7. The van der Waals surface area contributed by atoms with E-state index in [0.29, 0.717) is 49.3 Å². The number of anilines is 1. The van der Waals surface area contributed by atoms with E-state index in [4.69, 9.17) is 5.73 Å². The van der Waals surface area contributed by atoms with Gasteiger partial charge in [0.05, 0.1) is 0 Å². The maximum absolute atomic E-state index is 12.6. The first-order valence-electron chi connectivity index (χ1n) is 11.8. The minimum absolute atomic E-state index is 0.300. The van der Waals surface area contributed by atoms with Gasteiger partial charge in [-0.25, -0.2) is 0 Å². The van der Waals surface area contributed by atoms with Crippen molar-refractivity contribution >= 4 is 5.69 Å². The second-order valence-corrected chi connectivity index (χ2v) is 9.20. The Morgan fingerprint density at radius 3 is 1.53 bits per heavy atom. The zero-order chi connectivity index (χ0) is 27.6. The minimum atomic E-state index is -4.87. The average Bonchev–Trinajstić information content (AvgIpc) is 2.84. The Bertz CT molecular complexity index is 1130. The normalized spacial score (nSPS) is 15.9. The van der Waals surface area contributed by atoms with Gasteiger partial charge in [0.2, 0.25) is 0 Å². The van der Waals surface area contributed by atoms with Crippen LogP contribution in [0.1, 0.15) is 29.5 Å². The summed E-state index contributed by atoms with van der Waals surface area (Å²) in [5.41, 5.74) is 6.41. The van der Waals surface area contributed by atoms with Crippen molar-refractivity contribution in [1.29, 1.82) is 0 Å². The van der Waals surface area contributed by atoms with E-state index in [-0.39, 0.29) is 5.92 Å². The molecule has 0 bridgehead atoms. The smallest absolute Gasteiger partial charge is 0.406 e. The van der Waals surface area contributed by atoms with Crippen LogP contribution in [0.15, 0.2) is 72.8 Å². The van der Waals surface area contributed by atoms with Crippen LogP contribution in [0.5, 0.6) is 11.5 Å². The number of nitrogen functional groups attached to an aromatic ring is 1. The summed E-state index contributed by atoms with van der Waals surface area (Å²) in [5.74, 6) is -1.26. The third-order valence-corrected chi connectivity index (χ3v) is 6.62. The van der Waals surface area contributed by atoms with Gasteiger partial charge in [0, 0.05) is 12.2 Å².